The number of aliphatic hydroxyl groups is 1. The second-order valence-corrected chi connectivity index (χ2v) is 12.3. The highest BCUT2D eigenvalue weighted by Gasteiger charge is 2.36. The Morgan fingerprint density at radius 3 is 1.92 bits per heavy atom. The van der Waals surface area contributed by atoms with Crippen molar-refractivity contribution in [2.45, 2.75) is 43.7 Å². The maximum absolute atomic E-state index is 12.4. The largest absolute Gasteiger partial charge is 0.376 e. The molecule has 38 heavy (non-hydrogen) atoms. The average molecular weight is 571 g/mol. The molecule has 6 rings (SSSR count). The minimum Gasteiger partial charge on any atom is -0.376 e. The van der Waals surface area contributed by atoms with Crippen LogP contribution in [-0.2, 0) is 23.0 Å². The fourth-order valence-electron chi connectivity index (χ4n) is 5.62. The maximum atomic E-state index is 12.4. The lowest BCUT2D eigenvalue weighted by molar-refractivity contribution is 0.126. The summed E-state index contributed by atoms with van der Waals surface area (Å²) in [5, 5.41) is 13.6. The Hall–Kier alpha value is -2.42. The molecule has 1 aliphatic heterocycles. The topological polar surface area (TPSA) is 75.4 Å². The van der Waals surface area contributed by atoms with Gasteiger partial charge in [0.15, 0.2) is 0 Å². The molecular weight excluding hydrogens is 541 g/mol. The summed E-state index contributed by atoms with van der Waals surface area (Å²) in [4.78, 5) is 5.01. The zero-order valence-corrected chi connectivity index (χ0v) is 23.2. The standard InChI is InChI=1S/C29H29Cl2N3O3S/c30-24-8-3-21(4-9-24)29(35,22-5-10-25(31)11-6-22)23-7-12-26-27(17-23)34(28(32-26)20-1-2-20)18-19-13-15-33(16-14-19)38(36)37/h3-12,17,19-20,35,38H,1-2,13-16,18H2. The van der Waals surface area contributed by atoms with Crippen molar-refractivity contribution >= 4 is 45.1 Å². The van der Waals surface area contributed by atoms with Crippen LogP contribution in [-0.4, -0.2) is 40.5 Å². The maximum Gasteiger partial charge on any atom is 0.203 e. The van der Waals surface area contributed by atoms with Crippen LogP contribution in [0, 0.1) is 5.92 Å². The number of nitrogens with zero attached hydrogens (tertiary/aromatic N) is 3. The summed E-state index contributed by atoms with van der Waals surface area (Å²) in [7, 11) is -2.52. The number of rotatable bonds is 7. The number of halogens is 2. The summed E-state index contributed by atoms with van der Waals surface area (Å²) in [6, 6.07) is 20.5. The van der Waals surface area contributed by atoms with E-state index in [1.807, 2.05) is 36.4 Å². The third-order valence-corrected chi connectivity index (χ3v) is 9.29. The van der Waals surface area contributed by atoms with Crippen molar-refractivity contribution in [2.75, 3.05) is 13.1 Å². The molecule has 0 unspecified atom stereocenters. The fraction of sp³-hybridized carbons (Fsp3) is 0.345. The van der Waals surface area contributed by atoms with E-state index in [4.69, 9.17) is 28.2 Å². The number of fused-ring (bicyclic) bond motifs is 1. The number of hydrogen-bond acceptors (Lipinski definition) is 4. The third-order valence-electron chi connectivity index (χ3n) is 7.92. The Morgan fingerprint density at radius 2 is 1.39 bits per heavy atom. The molecule has 1 aromatic heterocycles. The first-order chi connectivity index (χ1) is 18.3. The van der Waals surface area contributed by atoms with Crippen molar-refractivity contribution in [1.29, 1.82) is 0 Å². The van der Waals surface area contributed by atoms with E-state index in [-0.39, 0.29) is 0 Å². The molecule has 2 heterocycles. The quantitative estimate of drug-likeness (QED) is 0.220. The van der Waals surface area contributed by atoms with E-state index in [2.05, 4.69) is 10.6 Å². The van der Waals surface area contributed by atoms with Crippen molar-refractivity contribution in [2.24, 2.45) is 5.92 Å². The molecular formula is C29H29Cl2N3O3S. The first-order valence-electron chi connectivity index (χ1n) is 13.0. The Bertz CT molecular complexity index is 1480. The lowest BCUT2D eigenvalue weighted by Crippen LogP contribution is -2.34. The molecule has 0 amide bonds. The summed E-state index contributed by atoms with van der Waals surface area (Å²) < 4.78 is 26.7. The van der Waals surface area contributed by atoms with Crippen molar-refractivity contribution in [3.05, 3.63) is 99.3 Å². The molecule has 1 N–H and O–H groups in total. The van der Waals surface area contributed by atoms with Crippen LogP contribution >= 0.6 is 23.2 Å². The van der Waals surface area contributed by atoms with Gasteiger partial charge in [-0.15, -0.1) is 0 Å². The summed E-state index contributed by atoms with van der Waals surface area (Å²) in [6.45, 7) is 1.91. The van der Waals surface area contributed by atoms with Gasteiger partial charge in [-0.1, -0.05) is 53.5 Å². The fourth-order valence-corrected chi connectivity index (χ4v) is 6.43. The Labute approximate surface area is 233 Å². The Kier molecular flexibility index (Phi) is 6.99. The zero-order valence-electron chi connectivity index (χ0n) is 20.8. The molecule has 0 radical (unpaired) electrons. The smallest absolute Gasteiger partial charge is 0.203 e. The minimum absolute atomic E-state index is 0.367. The Morgan fingerprint density at radius 1 is 0.842 bits per heavy atom. The van der Waals surface area contributed by atoms with E-state index in [0.717, 1.165) is 54.6 Å². The Balaban J connectivity index is 1.44. The number of benzene rings is 3. The average Bonchev–Trinajstić information content (AvgIpc) is 3.71. The summed E-state index contributed by atoms with van der Waals surface area (Å²) in [5.41, 5.74) is 2.61. The molecule has 9 heteroatoms. The molecule has 2 fully saturated rings. The van der Waals surface area contributed by atoms with Crippen molar-refractivity contribution in [3.8, 4) is 0 Å². The summed E-state index contributed by atoms with van der Waals surface area (Å²) >= 11 is 12.4. The summed E-state index contributed by atoms with van der Waals surface area (Å²) in [5.74, 6) is 1.91. The number of imidazole rings is 1. The van der Waals surface area contributed by atoms with E-state index in [0.29, 0.717) is 46.1 Å². The minimum atomic E-state index is -2.52. The first-order valence-corrected chi connectivity index (χ1v) is 14.9. The van der Waals surface area contributed by atoms with Crippen molar-refractivity contribution < 1.29 is 13.5 Å². The molecule has 6 nitrogen and oxygen atoms in total. The highest BCUT2D eigenvalue weighted by Crippen LogP contribution is 2.43. The van der Waals surface area contributed by atoms with Crippen LogP contribution in [0.5, 0.6) is 0 Å². The van der Waals surface area contributed by atoms with Gasteiger partial charge in [0.25, 0.3) is 0 Å². The third kappa shape index (κ3) is 4.87. The van der Waals surface area contributed by atoms with Gasteiger partial charge in [0, 0.05) is 35.6 Å². The molecule has 3 aromatic carbocycles. The molecule has 198 valence electrons. The van der Waals surface area contributed by atoms with Crippen molar-refractivity contribution in [1.82, 2.24) is 13.9 Å². The second-order valence-electron chi connectivity index (χ2n) is 10.4. The molecule has 2 aliphatic rings. The van der Waals surface area contributed by atoms with Crippen molar-refractivity contribution in [3.63, 3.8) is 0 Å². The van der Waals surface area contributed by atoms with Gasteiger partial charge >= 0.3 is 0 Å². The van der Waals surface area contributed by atoms with Gasteiger partial charge in [0.1, 0.15) is 11.4 Å². The highest BCUT2D eigenvalue weighted by atomic mass is 35.5. The van der Waals surface area contributed by atoms with Gasteiger partial charge in [0.05, 0.1) is 11.0 Å². The van der Waals surface area contributed by atoms with Crippen LogP contribution in [0.4, 0.5) is 0 Å². The van der Waals surface area contributed by atoms with Gasteiger partial charge in [-0.25, -0.2) is 17.7 Å². The monoisotopic (exact) mass is 569 g/mol. The zero-order chi connectivity index (χ0) is 26.4. The molecule has 4 aromatic rings. The van der Waals surface area contributed by atoms with Gasteiger partial charge in [-0.3, -0.25) is 0 Å². The predicted molar refractivity (Wildman–Crippen MR) is 151 cm³/mol. The second kappa shape index (κ2) is 10.3. The van der Waals surface area contributed by atoms with Gasteiger partial charge < -0.3 is 9.67 Å². The first kappa shape index (κ1) is 25.8. The number of piperidine rings is 1. The molecule has 0 atom stereocenters. The normalized spacial score (nSPS) is 17.5. The number of thiol groups is 1. The van der Waals surface area contributed by atoms with Gasteiger partial charge in [0.2, 0.25) is 10.9 Å². The van der Waals surface area contributed by atoms with Crippen LogP contribution in [0.15, 0.2) is 66.7 Å². The molecule has 0 spiro atoms. The van der Waals surface area contributed by atoms with Gasteiger partial charge in [-0.2, -0.15) is 0 Å². The highest BCUT2D eigenvalue weighted by molar-refractivity contribution is 7.69. The van der Waals surface area contributed by atoms with E-state index in [9.17, 15) is 13.5 Å². The summed E-state index contributed by atoms with van der Waals surface area (Å²) in [6.07, 6.45) is 3.91. The van der Waals surface area contributed by atoms with E-state index < -0.39 is 16.5 Å². The predicted octanol–water partition coefficient (Wildman–Crippen LogP) is 5.74. The number of hydrogen-bond donors (Lipinski definition) is 2. The van der Waals surface area contributed by atoms with Crippen LogP contribution in [0.25, 0.3) is 11.0 Å². The van der Waals surface area contributed by atoms with Crippen LogP contribution < -0.4 is 0 Å². The van der Waals surface area contributed by atoms with E-state index in [1.54, 1.807) is 24.3 Å². The van der Waals surface area contributed by atoms with E-state index in [1.165, 1.54) is 4.31 Å². The molecule has 0 bridgehead atoms. The molecule has 1 aliphatic carbocycles. The van der Waals surface area contributed by atoms with Crippen LogP contribution in [0.1, 0.15) is 54.1 Å². The van der Waals surface area contributed by atoms with Crippen LogP contribution in [0.2, 0.25) is 10.0 Å². The molecule has 1 saturated heterocycles. The van der Waals surface area contributed by atoms with E-state index >= 15 is 0 Å². The van der Waals surface area contributed by atoms with Gasteiger partial charge in [-0.05, 0) is 84.7 Å². The lowest BCUT2D eigenvalue weighted by Gasteiger charge is -2.31. The number of aromatic nitrogens is 2. The lowest BCUT2D eigenvalue weighted by atomic mass is 9.80. The SMILES string of the molecule is O=[SH](=O)N1CCC(Cn2c(C3CC3)nc3ccc(C(O)(c4ccc(Cl)cc4)c4ccc(Cl)cc4)cc32)CC1. The molecule has 1 saturated carbocycles. The van der Waals surface area contributed by atoms with Crippen LogP contribution in [0.3, 0.4) is 0 Å².